The van der Waals surface area contributed by atoms with Gasteiger partial charge in [0.25, 0.3) is 0 Å². The van der Waals surface area contributed by atoms with Crippen molar-refractivity contribution in [2.24, 2.45) is 0 Å². The number of ether oxygens (including phenoxy) is 1. The van der Waals surface area contributed by atoms with Crippen molar-refractivity contribution in [3.63, 3.8) is 0 Å². The third-order valence-corrected chi connectivity index (χ3v) is 3.41. The summed E-state index contributed by atoms with van der Waals surface area (Å²) < 4.78 is 10.5. The highest BCUT2D eigenvalue weighted by molar-refractivity contribution is 6.32. The van der Waals surface area contributed by atoms with Gasteiger partial charge in [-0.3, -0.25) is 4.79 Å². The Hall–Kier alpha value is -2.47. The van der Waals surface area contributed by atoms with Crippen LogP contribution in [0.4, 0.5) is 0 Å². The van der Waals surface area contributed by atoms with Gasteiger partial charge in [-0.15, -0.1) is 0 Å². The van der Waals surface area contributed by atoms with E-state index < -0.39 is 0 Å². The zero-order valence-electron chi connectivity index (χ0n) is 11.9. The normalized spacial score (nSPS) is 10.8. The van der Waals surface area contributed by atoms with Gasteiger partial charge in [-0.1, -0.05) is 11.6 Å². The number of carbonyl (C=O) groups excluding carboxylic acids is 1. The molecule has 0 radical (unpaired) electrons. The number of carbonyl (C=O) groups is 1. The lowest BCUT2D eigenvalue weighted by molar-refractivity contribution is -0.119. The van der Waals surface area contributed by atoms with E-state index in [1.165, 1.54) is 19.6 Å². The van der Waals surface area contributed by atoms with E-state index in [2.05, 4.69) is 15.3 Å². The van der Waals surface area contributed by atoms with Crippen molar-refractivity contribution in [1.82, 2.24) is 15.3 Å². The topological polar surface area (TPSA) is 80.2 Å². The Morgan fingerprint density at radius 2 is 2.32 bits per heavy atom. The van der Waals surface area contributed by atoms with Crippen LogP contribution in [0.2, 0.25) is 5.02 Å². The van der Waals surface area contributed by atoms with Gasteiger partial charge < -0.3 is 19.5 Å². The maximum Gasteiger partial charge on any atom is 0.217 e. The molecule has 3 aromatic rings. The van der Waals surface area contributed by atoms with Crippen LogP contribution in [0.5, 0.6) is 5.75 Å². The summed E-state index contributed by atoms with van der Waals surface area (Å²) in [6, 6.07) is 5.59. The number of halogens is 1. The standard InChI is InChI=1S/C15H14ClN3O3/c1-9(20)17-5-11-2-10-3-13(16)15(4-14(10)19-11)22-7-12-6-21-8-18-12/h2-4,6,8,19H,5,7H2,1H3,(H,17,20). The van der Waals surface area contributed by atoms with E-state index in [1.54, 1.807) is 0 Å². The maximum atomic E-state index is 11.0. The van der Waals surface area contributed by atoms with Crippen molar-refractivity contribution in [1.29, 1.82) is 0 Å². The number of nitrogens with zero attached hydrogens (tertiary/aromatic N) is 1. The van der Waals surface area contributed by atoms with E-state index in [0.29, 0.717) is 23.0 Å². The summed E-state index contributed by atoms with van der Waals surface area (Å²) in [6.07, 6.45) is 2.87. The van der Waals surface area contributed by atoms with Gasteiger partial charge in [0.05, 0.1) is 11.6 Å². The summed E-state index contributed by atoms with van der Waals surface area (Å²) in [4.78, 5) is 18.2. The van der Waals surface area contributed by atoms with Gasteiger partial charge in [0.2, 0.25) is 5.91 Å². The Balaban J connectivity index is 1.79. The minimum Gasteiger partial charge on any atom is -0.486 e. The predicted molar refractivity (Wildman–Crippen MR) is 81.7 cm³/mol. The molecule has 0 aliphatic carbocycles. The number of nitrogens with one attached hydrogen (secondary N) is 2. The van der Waals surface area contributed by atoms with E-state index in [1.807, 2.05) is 18.2 Å². The molecule has 0 saturated carbocycles. The molecule has 0 fully saturated rings. The highest BCUT2D eigenvalue weighted by Crippen LogP contribution is 2.31. The number of hydrogen-bond donors (Lipinski definition) is 2. The Bertz CT molecular complexity index is 796. The summed E-state index contributed by atoms with van der Waals surface area (Å²) >= 11 is 6.23. The highest BCUT2D eigenvalue weighted by atomic mass is 35.5. The first-order valence-electron chi connectivity index (χ1n) is 6.67. The lowest BCUT2D eigenvalue weighted by Crippen LogP contribution is -2.18. The molecule has 114 valence electrons. The molecule has 2 aromatic heterocycles. The van der Waals surface area contributed by atoms with Gasteiger partial charge in [0.1, 0.15) is 24.3 Å². The van der Waals surface area contributed by atoms with Crippen LogP contribution >= 0.6 is 11.6 Å². The SMILES string of the molecule is CC(=O)NCc1cc2cc(Cl)c(OCc3cocn3)cc2[nH]1. The number of oxazole rings is 1. The zero-order valence-corrected chi connectivity index (χ0v) is 12.6. The van der Waals surface area contributed by atoms with Gasteiger partial charge >= 0.3 is 0 Å². The Labute approximate surface area is 131 Å². The van der Waals surface area contributed by atoms with E-state index in [-0.39, 0.29) is 12.5 Å². The minimum absolute atomic E-state index is 0.0756. The summed E-state index contributed by atoms with van der Waals surface area (Å²) in [5, 5.41) is 4.22. The van der Waals surface area contributed by atoms with Crippen molar-refractivity contribution in [3.8, 4) is 5.75 Å². The van der Waals surface area contributed by atoms with Crippen LogP contribution < -0.4 is 10.1 Å². The molecule has 3 rings (SSSR count). The fourth-order valence-electron chi connectivity index (χ4n) is 2.08. The van der Waals surface area contributed by atoms with Crippen LogP contribution in [0.15, 0.2) is 35.3 Å². The summed E-state index contributed by atoms with van der Waals surface area (Å²) in [6.45, 7) is 2.20. The third-order valence-electron chi connectivity index (χ3n) is 3.12. The highest BCUT2D eigenvalue weighted by Gasteiger charge is 2.09. The van der Waals surface area contributed by atoms with E-state index in [4.69, 9.17) is 20.8 Å². The fraction of sp³-hybridized carbons (Fsp3) is 0.200. The maximum absolute atomic E-state index is 11.0. The molecule has 22 heavy (non-hydrogen) atoms. The minimum atomic E-state index is -0.0756. The molecule has 7 heteroatoms. The number of benzene rings is 1. The van der Waals surface area contributed by atoms with Crippen LogP contribution in [-0.2, 0) is 17.9 Å². The van der Waals surface area contributed by atoms with Crippen molar-refractivity contribution < 1.29 is 13.9 Å². The molecular formula is C15H14ClN3O3. The molecule has 0 saturated heterocycles. The van der Waals surface area contributed by atoms with Crippen LogP contribution in [-0.4, -0.2) is 15.9 Å². The molecule has 2 N–H and O–H groups in total. The molecule has 0 bridgehead atoms. The van der Waals surface area contributed by atoms with Gasteiger partial charge in [-0.05, 0) is 12.1 Å². The summed E-state index contributed by atoms with van der Waals surface area (Å²) in [5.41, 5.74) is 2.48. The summed E-state index contributed by atoms with van der Waals surface area (Å²) in [5.74, 6) is 0.485. The second-order valence-electron chi connectivity index (χ2n) is 4.84. The molecule has 0 atom stereocenters. The van der Waals surface area contributed by atoms with E-state index in [9.17, 15) is 4.79 Å². The second kappa shape index (κ2) is 6.11. The molecule has 6 nitrogen and oxygen atoms in total. The van der Waals surface area contributed by atoms with Gasteiger partial charge in [0, 0.05) is 29.6 Å². The zero-order chi connectivity index (χ0) is 15.5. The van der Waals surface area contributed by atoms with Gasteiger partial charge in [-0.25, -0.2) is 4.98 Å². The number of fused-ring (bicyclic) bond motifs is 1. The first-order valence-corrected chi connectivity index (χ1v) is 7.05. The largest absolute Gasteiger partial charge is 0.486 e. The fourth-order valence-corrected chi connectivity index (χ4v) is 2.31. The Morgan fingerprint density at radius 3 is 3.05 bits per heavy atom. The van der Waals surface area contributed by atoms with Crippen LogP contribution in [0.25, 0.3) is 10.9 Å². The van der Waals surface area contributed by atoms with Gasteiger partial charge in [0.15, 0.2) is 6.39 Å². The molecule has 2 heterocycles. The smallest absolute Gasteiger partial charge is 0.217 e. The first kappa shape index (κ1) is 14.5. The molecule has 0 spiro atoms. The van der Waals surface area contributed by atoms with Gasteiger partial charge in [-0.2, -0.15) is 0 Å². The number of rotatable bonds is 5. The number of hydrogen-bond acceptors (Lipinski definition) is 4. The average Bonchev–Trinajstić information content (AvgIpc) is 3.11. The third kappa shape index (κ3) is 3.23. The Morgan fingerprint density at radius 1 is 1.45 bits per heavy atom. The van der Waals surface area contributed by atoms with Crippen molar-refractivity contribution >= 4 is 28.4 Å². The average molecular weight is 320 g/mol. The second-order valence-corrected chi connectivity index (χ2v) is 5.25. The van der Waals surface area contributed by atoms with Crippen molar-refractivity contribution in [2.75, 3.05) is 0 Å². The first-order chi connectivity index (χ1) is 10.6. The number of aromatic nitrogens is 2. The molecule has 1 amide bonds. The van der Waals surface area contributed by atoms with E-state index in [0.717, 1.165) is 16.6 Å². The molecule has 1 aromatic carbocycles. The van der Waals surface area contributed by atoms with Crippen molar-refractivity contribution in [2.45, 2.75) is 20.1 Å². The summed E-state index contributed by atoms with van der Waals surface area (Å²) in [7, 11) is 0. The number of H-pyrrole nitrogens is 1. The predicted octanol–water partition coefficient (Wildman–Crippen LogP) is 3.02. The van der Waals surface area contributed by atoms with Crippen LogP contribution in [0, 0.1) is 0 Å². The molecule has 0 aliphatic rings. The number of amides is 1. The molecule has 0 aliphatic heterocycles. The quantitative estimate of drug-likeness (QED) is 0.757. The van der Waals surface area contributed by atoms with Crippen LogP contribution in [0.3, 0.4) is 0 Å². The van der Waals surface area contributed by atoms with Crippen molar-refractivity contribution in [3.05, 3.63) is 47.3 Å². The molecular weight excluding hydrogens is 306 g/mol. The Kier molecular flexibility index (Phi) is 4.02. The number of aromatic amines is 1. The molecule has 0 unspecified atom stereocenters. The monoisotopic (exact) mass is 319 g/mol. The lowest BCUT2D eigenvalue weighted by Gasteiger charge is -2.06. The van der Waals surface area contributed by atoms with E-state index >= 15 is 0 Å². The van der Waals surface area contributed by atoms with Crippen LogP contribution in [0.1, 0.15) is 18.3 Å². The lowest BCUT2D eigenvalue weighted by atomic mass is 10.2.